The summed E-state index contributed by atoms with van der Waals surface area (Å²) >= 11 is 0. The number of hydrogen-bond acceptors (Lipinski definition) is 2. The van der Waals surface area contributed by atoms with Gasteiger partial charge in [-0.15, -0.1) is 0 Å². The number of nitrogens with one attached hydrogen (secondary N) is 1. The quantitative estimate of drug-likeness (QED) is 0.889. The lowest BCUT2D eigenvalue weighted by molar-refractivity contribution is -0.129. The van der Waals surface area contributed by atoms with E-state index >= 15 is 0 Å². The van der Waals surface area contributed by atoms with Gasteiger partial charge in [-0.2, -0.15) is 0 Å². The van der Waals surface area contributed by atoms with Crippen LogP contribution in [-0.4, -0.2) is 12.5 Å². The molecule has 0 saturated carbocycles. The fourth-order valence-electron chi connectivity index (χ4n) is 1.54. The molecule has 1 unspecified atom stereocenters. The van der Waals surface area contributed by atoms with Crippen molar-refractivity contribution in [3.05, 3.63) is 29.8 Å². The van der Waals surface area contributed by atoms with E-state index in [2.05, 4.69) is 5.32 Å². The largest absolute Gasteiger partial charge is 0.494 e. The molecule has 1 N–H and O–H groups in total. The van der Waals surface area contributed by atoms with Crippen LogP contribution in [0.1, 0.15) is 46.2 Å². The molecule has 0 fully saturated rings. The maximum Gasteiger partial charge on any atom is 0.225 e. The van der Waals surface area contributed by atoms with Crippen molar-refractivity contribution in [2.45, 2.75) is 40.7 Å². The van der Waals surface area contributed by atoms with Gasteiger partial charge in [-0.05, 0) is 31.5 Å². The van der Waals surface area contributed by atoms with E-state index in [-0.39, 0.29) is 17.4 Å². The Morgan fingerprint density at radius 1 is 1.39 bits per heavy atom. The van der Waals surface area contributed by atoms with E-state index in [0.717, 1.165) is 11.3 Å². The summed E-state index contributed by atoms with van der Waals surface area (Å²) in [4.78, 5) is 11.9. The summed E-state index contributed by atoms with van der Waals surface area (Å²) in [6, 6.07) is 7.82. The van der Waals surface area contributed by atoms with E-state index in [1.54, 1.807) is 0 Å². The zero-order valence-electron chi connectivity index (χ0n) is 11.9. The third-order valence-corrected chi connectivity index (χ3v) is 2.70. The van der Waals surface area contributed by atoms with E-state index in [1.165, 1.54) is 0 Å². The predicted molar refractivity (Wildman–Crippen MR) is 73.6 cm³/mol. The minimum absolute atomic E-state index is 0.0165. The summed E-state index contributed by atoms with van der Waals surface area (Å²) in [6.45, 7) is 10.3. The summed E-state index contributed by atoms with van der Waals surface area (Å²) in [5.74, 6) is 0.892. The van der Waals surface area contributed by atoms with Crippen molar-refractivity contribution in [3.63, 3.8) is 0 Å². The number of rotatable bonds is 4. The third-order valence-electron chi connectivity index (χ3n) is 2.70. The highest BCUT2D eigenvalue weighted by Gasteiger charge is 2.22. The van der Waals surface area contributed by atoms with Crippen LogP contribution < -0.4 is 10.1 Å². The van der Waals surface area contributed by atoms with Gasteiger partial charge in [0.25, 0.3) is 0 Å². The zero-order chi connectivity index (χ0) is 13.8. The van der Waals surface area contributed by atoms with Crippen LogP contribution in [0.4, 0.5) is 0 Å². The fraction of sp³-hybridized carbons (Fsp3) is 0.533. The highest BCUT2D eigenvalue weighted by Crippen LogP contribution is 2.21. The number of carbonyl (C=O) groups excluding carboxylic acids is 1. The van der Waals surface area contributed by atoms with E-state index in [0.29, 0.717) is 6.61 Å². The fourth-order valence-corrected chi connectivity index (χ4v) is 1.54. The minimum atomic E-state index is -0.369. The second-order valence-corrected chi connectivity index (χ2v) is 5.45. The Balaban J connectivity index is 2.75. The average Bonchev–Trinajstić information content (AvgIpc) is 2.28. The van der Waals surface area contributed by atoms with Gasteiger partial charge in [0.05, 0.1) is 12.6 Å². The Morgan fingerprint density at radius 2 is 2.06 bits per heavy atom. The molecule has 0 bridgehead atoms. The Hall–Kier alpha value is -1.51. The Morgan fingerprint density at radius 3 is 2.61 bits per heavy atom. The van der Waals surface area contributed by atoms with Gasteiger partial charge in [0.15, 0.2) is 0 Å². The summed E-state index contributed by atoms with van der Waals surface area (Å²) in [5.41, 5.74) is 0.685. The van der Waals surface area contributed by atoms with Crippen LogP contribution in [0, 0.1) is 5.41 Å². The summed E-state index contributed by atoms with van der Waals surface area (Å²) in [6.07, 6.45) is 0. The van der Waals surface area contributed by atoms with Crippen molar-refractivity contribution >= 4 is 5.91 Å². The van der Waals surface area contributed by atoms with E-state index < -0.39 is 0 Å². The molecule has 0 radical (unpaired) electrons. The first-order valence-corrected chi connectivity index (χ1v) is 6.38. The molecule has 3 nitrogen and oxygen atoms in total. The standard InChI is InChI=1S/C15H23NO2/c1-6-18-13-9-7-8-12(10-13)11(2)16-14(17)15(3,4)5/h7-11H,6H2,1-5H3,(H,16,17). The number of benzene rings is 1. The molecule has 3 heteroatoms. The predicted octanol–water partition coefficient (Wildman–Crippen LogP) is 3.31. The SMILES string of the molecule is CCOc1cccc(C(C)NC(=O)C(C)(C)C)c1. The topological polar surface area (TPSA) is 38.3 Å². The van der Waals surface area contributed by atoms with Crippen LogP contribution in [0.3, 0.4) is 0 Å². The van der Waals surface area contributed by atoms with Crippen molar-refractivity contribution in [2.24, 2.45) is 5.41 Å². The first kappa shape index (κ1) is 14.6. The maximum absolute atomic E-state index is 11.9. The normalized spacial score (nSPS) is 12.9. The van der Waals surface area contributed by atoms with Crippen molar-refractivity contribution in [2.75, 3.05) is 6.61 Å². The molecule has 1 aromatic rings. The van der Waals surface area contributed by atoms with Gasteiger partial charge in [0.1, 0.15) is 5.75 Å². The van der Waals surface area contributed by atoms with Gasteiger partial charge < -0.3 is 10.1 Å². The molecule has 0 saturated heterocycles. The smallest absolute Gasteiger partial charge is 0.225 e. The lowest BCUT2D eigenvalue weighted by Crippen LogP contribution is -2.36. The van der Waals surface area contributed by atoms with Crippen LogP contribution >= 0.6 is 0 Å². The molecule has 0 aliphatic heterocycles. The van der Waals surface area contributed by atoms with Gasteiger partial charge >= 0.3 is 0 Å². The molecule has 1 aromatic carbocycles. The lowest BCUT2D eigenvalue weighted by Gasteiger charge is -2.22. The van der Waals surface area contributed by atoms with E-state index in [1.807, 2.05) is 58.9 Å². The lowest BCUT2D eigenvalue weighted by atomic mass is 9.94. The van der Waals surface area contributed by atoms with Crippen LogP contribution in [-0.2, 0) is 4.79 Å². The molecule has 1 rings (SSSR count). The first-order chi connectivity index (χ1) is 8.34. The number of carbonyl (C=O) groups is 1. The third kappa shape index (κ3) is 4.06. The minimum Gasteiger partial charge on any atom is -0.494 e. The van der Waals surface area contributed by atoms with Gasteiger partial charge in [0.2, 0.25) is 5.91 Å². The maximum atomic E-state index is 11.9. The van der Waals surface area contributed by atoms with E-state index in [9.17, 15) is 4.79 Å². The number of ether oxygens (including phenoxy) is 1. The van der Waals surface area contributed by atoms with Crippen molar-refractivity contribution in [3.8, 4) is 5.75 Å². The molecule has 0 spiro atoms. The van der Waals surface area contributed by atoms with Crippen LogP contribution in [0.15, 0.2) is 24.3 Å². The van der Waals surface area contributed by atoms with Crippen molar-refractivity contribution in [1.29, 1.82) is 0 Å². The average molecular weight is 249 g/mol. The Bertz CT molecular complexity index is 407. The highest BCUT2D eigenvalue weighted by atomic mass is 16.5. The molecule has 18 heavy (non-hydrogen) atoms. The van der Waals surface area contributed by atoms with Gasteiger partial charge in [-0.1, -0.05) is 32.9 Å². The molecule has 100 valence electrons. The molecule has 0 aliphatic carbocycles. The molecule has 1 atom stereocenters. The van der Waals surface area contributed by atoms with Crippen molar-refractivity contribution < 1.29 is 9.53 Å². The monoisotopic (exact) mass is 249 g/mol. The van der Waals surface area contributed by atoms with Gasteiger partial charge in [0, 0.05) is 5.41 Å². The summed E-state index contributed by atoms with van der Waals surface area (Å²) < 4.78 is 5.46. The van der Waals surface area contributed by atoms with Crippen LogP contribution in [0.2, 0.25) is 0 Å². The molecular weight excluding hydrogens is 226 g/mol. The first-order valence-electron chi connectivity index (χ1n) is 6.38. The number of hydrogen-bond donors (Lipinski definition) is 1. The molecule has 0 aliphatic rings. The molecule has 0 heterocycles. The van der Waals surface area contributed by atoms with Crippen molar-refractivity contribution in [1.82, 2.24) is 5.32 Å². The second kappa shape index (κ2) is 5.89. The van der Waals surface area contributed by atoms with Crippen LogP contribution in [0.5, 0.6) is 5.75 Å². The summed E-state index contributed by atoms with van der Waals surface area (Å²) in [5, 5.41) is 3.01. The zero-order valence-corrected chi connectivity index (χ0v) is 11.9. The molecule has 1 amide bonds. The van der Waals surface area contributed by atoms with Crippen LogP contribution in [0.25, 0.3) is 0 Å². The van der Waals surface area contributed by atoms with E-state index in [4.69, 9.17) is 4.74 Å². The van der Waals surface area contributed by atoms with Gasteiger partial charge in [-0.25, -0.2) is 0 Å². The Labute approximate surface area is 110 Å². The summed E-state index contributed by atoms with van der Waals surface area (Å²) in [7, 11) is 0. The number of amides is 1. The molecular formula is C15H23NO2. The van der Waals surface area contributed by atoms with Gasteiger partial charge in [-0.3, -0.25) is 4.79 Å². The highest BCUT2D eigenvalue weighted by molar-refractivity contribution is 5.81. The Kier molecular flexibility index (Phi) is 4.76. The molecule has 0 aromatic heterocycles. The second-order valence-electron chi connectivity index (χ2n) is 5.45.